The Kier molecular flexibility index (Phi) is 6.13. The minimum Gasteiger partial charge on any atom is -0.451 e. The van der Waals surface area contributed by atoms with Crippen molar-refractivity contribution in [3.05, 3.63) is 36.1 Å². The van der Waals surface area contributed by atoms with Gasteiger partial charge in [-0.25, -0.2) is 4.79 Å². The van der Waals surface area contributed by atoms with Crippen molar-refractivity contribution in [2.24, 2.45) is 5.92 Å². The Morgan fingerprint density at radius 3 is 2.16 bits per heavy atom. The second-order valence-electron chi connectivity index (χ2n) is 9.51. The topological polar surface area (TPSA) is 83.3 Å². The van der Waals surface area contributed by atoms with E-state index in [1.165, 1.54) is 0 Å². The lowest BCUT2D eigenvalue weighted by Crippen LogP contribution is -2.53. The van der Waals surface area contributed by atoms with Gasteiger partial charge in [0.15, 0.2) is 5.76 Å². The van der Waals surface area contributed by atoms with E-state index in [9.17, 15) is 14.4 Å². The van der Waals surface area contributed by atoms with Crippen LogP contribution in [0.3, 0.4) is 0 Å². The highest BCUT2D eigenvalue weighted by molar-refractivity contribution is 5.96. The van der Waals surface area contributed by atoms with E-state index < -0.39 is 5.60 Å². The van der Waals surface area contributed by atoms with Gasteiger partial charge in [-0.3, -0.25) is 9.59 Å². The van der Waals surface area contributed by atoms with Crippen molar-refractivity contribution in [3.8, 4) is 0 Å². The fourth-order valence-electron chi connectivity index (χ4n) is 4.27. The first-order chi connectivity index (χ1) is 15.2. The molecule has 0 radical (unpaired) electrons. The van der Waals surface area contributed by atoms with Crippen LogP contribution in [-0.2, 0) is 9.53 Å². The summed E-state index contributed by atoms with van der Waals surface area (Å²) in [7, 11) is 0. The van der Waals surface area contributed by atoms with Crippen LogP contribution >= 0.6 is 0 Å². The molecule has 0 atom stereocenters. The van der Waals surface area contributed by atoms with Gasteiger partial charge in [0.2, 0.25) is 5.91 Å². The second-order valence-corrected chi connectivity index (χ2v) is 9.51. The SMILES string of the molecule is CC(C)(C)OC(=O)N1CCC(C(=O)N2CCN(C(=O)c3cc4ccccc4o3)CC2)CC1. The van der Waals surface area contributed by atoms with Crippen LogP contribution in [0.1, 0.15) is 44.2 Å². The van der Waals surface area contributed by atoms with Crippen molar-refractivity contribution in [1.82, 2.24) is 14.7 Å². The van der Waals surface area contributed by atoms with Crippen LogP contribution in [0.25, 0.3) is 11.0 Å². The zero-order valence-electron chi connectivity index (χ0n) is 19.0. The molecule has 2 fully saturated rings. The fraction of sp³-hybridized carbons (Fsp3) is 0.542. The van der Waals surface area contributed by atoms with E-state index in [0.29, 0.717) is 63.5 Å². The minimum absolute atomic E-state index is 0.0914. The Bertz CT molecular complexity index is 959. The van der Waals surface area contributed by atoms with Crippen LogP contribution in [0.5, 0.6) is 0 Å². The normalized spacial score (nSPS) is 18.2. The lowest BCUT2D eigenvalue weighted by atomic mass is 9.95. The Morgan fingerprint density at radius 2 is 1.53 bits per heavy atom. The molecule has 4 rings (SSSR count). The van der Waals surface area contributed by atoms with Crippen LogP contribution in [0.15, 0.2) is 34.7 Å². The third-order valence-electron chi connectivity index (χ3n) is 6.01. The van der Waals surface area contributed by atoms with Crippen molar-refractivity contribution in [1.29, 1.82) is 0 Å². The van der Waals surface area contributed by atoms with Crippen LogP contribution < -0.4 is 0 Å². The average molecular weight is 442 g/mol. The number of ether oxygens (including phenoxy) is 1. The van der Waals surface area contributed by atoms with Gasteiger partial charge in [-0.15, -0.1) is 0 Å². The van der Waals surface area contributed by atoms with Gasteiger partial charge in [0.1, 0.15) is 11.2 Å². The molecule has 172 valence electrons. The quantitative estimate of drug-likeness (QED) is 0.714. The largest absolute Gasteiger partial charge is 0.451 e. The number of rotatable bonds is 2. The number of piperazine rings is 1. The monoisotopic (exact) mass is 441 g/mol. The van der Waals surface area contributed by atoms with E-state index in [2.05, 4.69) is 0 Å². The van der Waals surface area contributed by atoms with E-state index in [4.69, 9.17) is 9.15 Å². The summed E-state index contributed by atoms with van der Waals surface area (Å²) in [5, 5.41) is 0.905. The van der Waals surface area contributed by atoms with Crippen LogP contribution in [0.4, 0.5) is 4.79 Å². The van der Waals surface area contributed by atoms with E-state index >= 15 is 0 Å². The first-order valence-corrected chi connectivity index (χ1v) is 11.3. The lowest BCUT2D eigenvalue weighted by molar-refractivity contribution is -0.138. The summed E-state index contributed by atoms with van der Waals surface area (Å²) in [6.07, 6.45) is 0.952. The third kappa shape index (κ3) is 4.89. The van der Waals surface area contributed by atoms with Gasteiger partial charge in [-0.1, -0.05) is 18.2 Å². The maximum Gasteiger partial charge on any atom is 0.410 e. The molecule has 8 heteroatoms. The average Bonchev–Trinajstić information content (AvgIpc) is 3.21. The molecule has 2 saturated heterocycles. The summed E-state index contributed by atoms with van der Waals surface area (Å²) in [5.74, 6) is 0.218. The number of nitrogens with zero attached hydrogens (tertiary/aromatic N) is 3. The van der Waals surface area contributed by atoms with Gasteiger partial charge < -0.3 is 23.9 Å². The minimum atomic E-state index is -0.525. The van der Waals surface area contributed by atoms with E-state index in [-0.39, 0.29) is 23.8 Å². The first-order valence-electron chi connectivity index (χ1n) is 11.3. The fourth-order valence-corrected chi connectivity index (χ4v) is 4.27. The number of likely N-dealkylation sites (tertiary alicyclic amines) is 1. The van der Waals surface area contributed by atoms with Crippen molar-refractivity contribution in [2.45, 2.75) is 39.2 Å². The molecule has 0 aliphatic carbocycles. The summed E-state index contributed by atoms with van der Waals surface area (Å²) in [6.45, 7) is 8.58. The number of carbonyl (C=O) groups is 3. The van der Waals surface area contributed by atoms with Gasteiger partial charge in [0.25, 0.3) is 5.91 Å². The number of carbonyl (C=O) groups excluding carboxylic acids is 3. The maximum absolute atomic E-state index is 13.0. The zero-order chi connectivity index (χ0) is 22.9. The van der Waals surface area contributed by atoms with E-state index in [1.54, 1.807) is 15.9 Å². The van der Waals surface area contributed by atoms with Crippen LogP contribution in [-0.4, -0.2) is 77.5 Å². The van der Waals surface area contributed by atoms with Gasteiger partial charge >= 0.3 is 6.09 Å². The molecule has 2 aliphatic heterocycles. The molecule has 0 saturated carbocycles. The molecule has 1 aromatic carbocycles. The number of piperidine rings is 1. The molecule has 0 N–H and O–H groups in total. The Labute approximate surface area is 188 Å². The van der Waals surface area contributed by atoms with Gasteiger partial charge in [-0.2, -0.15) is 0 Å². The Hall–Kier alpha value is -3.03. The molecule has 0 unspecified atom stereocenters. The standard InChI is InChI=1S/C24H31N3O5/c1-24(2,3)32-23(30)27-10-8-17(9-11-27)21(28)25-12-14-26(15-13-25)22(29)20-16-18-6-4-5-7-19(18)31-20/h4-7,16-17H,8-15H2,1-3H3. The van der Waals surface area contributed by atoms with Gasteiger partial charge in [-0.05, 0) is 45.7 Å². The smallest absolute Gasteiger partial charge is 0.410 e. The number of hydrogen-bond acceptors (Lipinski definition) is 5. The highest BCUT2D eigenvalue weighted by Gasteiger charge is 2.34. The number of benzene rings is 1. The summed E-state index contributed by atoms with van der Waals surface area (Å²) in [6, 6.07) is 9.32. The van der Waals surface area contributed by atoms with E-state index in [1.807, 2.05) is 49.9 Å². The predicted octanol–water partition coefficient (Wildman–Crippen LogP) is 3.36. The zero-order valence-corrected chi connectivity index (χ0v) is 19.0. The molecule has 1 aromatic heterocycles. The van der Waals surface area contributed by atoms with Crippen molar-refractivity contribution < 1.29 is 23.5 Å². The summed E-state index contributed by atoms with van der Waals surface area (Å²) in [4.78, 5) is 43.3. The van der Waals surface area contributed by atoms with Crippen molar-refractivity contribution >= 4 is 28.9 Å². The molecule has 0 bridgehead atoms. The maximum atomic E-state index is 13.0. The number of amides is 3. The molecule has 32 heavy (non-hydrogen) atoms. The lowest BCUT2D eigenvalue weighted by Gasteiger charge is -2.38. The molecular weight excluding hydrogens is 410 g/mol. The van der Waals surface area contributed by atoms with Crippen molar-refractivity contribution in [2.75, 3.05) is 39.3 Å². The molecule has 0 spiro atoms. The highest BCUT2D eigenvalue weighted by Crippen LogP contribution is 2.24. The summed E-state index contributed by atoms with van der Waals surface area (Å²) < 4.78 is 11.1. The first kappa shape index (κ1) is 22.2. The Balaban J connectivity index is 1.27. The molecule has 3 amide bonds. The molecular formula is C24H31N3O5. The van der Waals surface area contributed by atoms with Gasteiger partial charge in [0, 0.05) is 50.6 Å². The number of fused-ring (bicyclic) bond motifs is 1. The summed E-state index contributed by atoms with van der Waals surface area (Å²) >= 11 is 0. The van der Waals surface area contributed by atoms with Crippen LogP contribution in [0, 0.1) is 5.92 Å². The molecule has 2 aliphatic rings. The summed E-state index contributed by atoms with van der Waals surface area (Å²) in [5.41, 5.74) is 0.172. The predicted molar refractivity (Wildman–Crippen MR) is 119 cm³/mol. The Morgan fingerprint density at radius 1 is 0.906 bits per heavy atom. The van der Waals surface area contributed by atoms with Crippen molar-refractivity contribution in [3.63, 3.8) is 0 Å². The second kappa shape index (κ2) is 8.84. The molecule has 3 heterocycles. The molecule has 2 aromatic rings. The van der Waals surface area contributed by atoms with E-state index in [0.717, 1.165) is 5.39 Å². The highest BCUT2D eigenvalue weighted by atomic mass is 16.6. The number of para-hydroxylation sites is 1. The third-order valence-corrected chi connectivity index (χ3v) is 6.01. The van der Waals surface area contributed by atoms with Gasteiger partial charge in [0.05, 0.1) is 0 Å². The number of hydrogen-bond donors (Lipinski definition) is 0. The number of furan rings is 1. The molecule has 8 nitrogen and oxygen atoms in total. The van der Waals surface area contributed by atoms with Crippen LogP contribution in [0.2, 0.25) is 0 Å².